The van der Waals surface area contributed by atoms with Crippen molar-refractivity contribution >= 4 is 10.0 Å². The molecule has 1 aromatic rings. The van der Waals surface area contributed by atoms with Gasteiger partial charge in [-0.1, -0.05) is 24.7 Å². The van der Waals surface area contributed by atoms with Crippen molar-refractivity contribution in [2.24, 2.45) is 11.7 Å². The first-order valence-corrected chi connectivity index (χ1v) is 8.58. The summed E-state index contributed by atoms with van der Waals surface area (Å²) >= 11 is 0. The average Bonchev–Trinajstić information content (AvgIpc) is 2.98. The molecule has 114 valence electrons. The molecule has 21 heavy (non-hydrogen) atoms. The van der Waals surface area contributed by atoms with Crippen molar-refractivity contribution < 1.29 is 8.42 Å². The van der Waals surface area contributed by atoms with Crippen LogP contribution in [0.2, 0.25) is 0 Å². The number of pyridine rings is 1. The Labute approximate surface area is 126 Å². The standard InChI is InChI=1S/C15H21N3O2S/c1-18(12-13-5-2-3-6-13)21(19,20)15-9-14(7-4-8-16)10-17-11-15/h9-11,13H,2-3,5-6,8,12,16H2,1H3. The van der Waals surface area contributed by atoms with E-state index in [-0.39, 0.29) is 11.4 Å². The first kappa shape index (κ1) is 16.0. The molecular weight excluding hydrogens is 286 g/mol. The van der Waals surface area contributed by atoms with Crippen molar-refractivity contribution in [2.75, 3.05) is 20.1 Å². The van der Waals surface area contributed by atoms with E-state index in [1.54, 1.807) is 19.3 Å². The number of aromatic nitrogens is 1. The molecule has 0 aliphatic heterocycles. The topological polar surface area (TPSA) is 76.3 Å². The molecule has 0 spiro atoms. The van der Waals surface area contributed by atoms with Crippen LogP contribution >= 0.6 is 0 Å². The molecule has 0 aromatic carbocycles. The monoisotopic (exact) mass is 307 g/mol. The van der Waals surface area contributed by atoms with Crippen LogP contribution in [0.1, 0.15) is 31.2 Å². The van der Waals surface area contributed by atoms with E-state index in [0.29, 0.717) is 18.0 Å². The molecular formula is C15H21N3O2S. The van der Waals surface area contributed by atoms with Crippen LogP contribution in [0.4, 0.5) is 0 Å². The van der Waals surface area contributed by atoms with Gasteiger partial charge in [0.15, 0.2) is 0 Å². The Kier molecular flexibility index (Phi) is 5.34. The van der Waals surface area contributed by atoms with Crippen LogP contribution in [0.3, 0.4) is 0 Å². The molecule has 1 aliphatic rings. The molecule has 0 amide bonds. The molecule has 1 fully saturated rings. The summed E-state index contributed by atoms with van der Waals surface area (Å²) in [5, 5.41) is 0. The zero-order valence-corrected chi connectivity index (χ0v) is 13.1. The van der Waals surface area contributed by atoms with Crippen molar-refractivity contribution in [2.45, 2.75) is 30.6 Å². The van der Waals surface area contributed by atoms with Gasteiger partial charge in [0, 0.05) is 31.5 Å². The highest BCUT2D eigenvalue weighted by Crippen LogP contribution is 2.27. The van der Waals surface area contributed by atoms with E-state index in [2.05, 4.69) is 16.8 Å². The first-order valence-electron chi connectivity index (χ1n) is 7.14. The van der Waals surface area contributed by atoms with E-state index in [9.17, 15) is 8.42 Å². The van der Waals surface area contributed by atoms with Gasteiger partial charge in [-0.25, -0.2) is 12.7 Å². The van der Waals surface area contributed by atoms with E-state index in [1.807, 2.05) is 0 Å². The van der Waals surface area contributed by atoms with Crippen LogP contribution in [0.5, 0.6) is 0 Å². The van der Waals surface area contributed by atoms with Crippen molar-refractivity contribution in [1.29, 1.82) is 0 Å². The van der Waals surface area contributed by atoms with Crippen LogP contribution < -0.4 is 5.73 Å². The van der Waals surface area contributed by atoms with Gasteiger partial charge >= 0.3 is 0 Å². The number of rotatable bonds is 4. The molecule has 0 saturated heterocycles. The minimum Gasteiger partial charge on any atom is -0.320 e. The second-order valence-electron chi connectivity index (χ2n) is 5.35. The highest BCUT2D eigenvalue weighted by atomic mass is 32.2. The van der Waals surface area contributed by atoms with Crippen molar-refractivity contribution in [3.05, 3.63) is 24.0 Å². The summed E-state index contributed by atoms with van der Waals surface area (Å²) in [5.41, 5.74) is 5.88. The molecule has 6 heteroatoms. The Morgan fingerprint density at radius 3 is 2.76 bits per heavy atom. The second-order valence-corrected chi connectivity index (χ2v) is 7.40. The molecule has 1 saturated carbocycles. The summed E-state index contributed by atoms with van der Waals surface area (Å²) < 4.78 is 26.5. The van der Waals surface area contributed by atoms with Gasteiger partial charge in [-0.2, -0.15) is 0 Å². The molecule has 5 nitrogen and oxygen atoms in total. The number of nitrogens with two attached hydrogens (primary N) is 1. The Hall–Kier alpha value is -1.42. The molecule has 2 N–H and O–H groups in total. The minimum absolute atomic E-state index is 0.187. The average molecular weight is 307 g/mol. The van der Waals surface area contributed by atoms with Crippen LogP contribution in [0.15, 0.2) is 23.4 Å². The van der Waals surface area contributed by atoms with Gasteiger partial charge < -0.3 is 5.73 Å². The fourth-order valence-electron chi connectivity index (χ4n) is 2.62. The fourth-order valence-corrected chi connectivity index (χ4v) is 3.85. The molecule has 0 unspecified atom stereocenters. The van der Waals surface area contributed by atoms with Crippen LogP contribution in [0, 0.1) is 17.8 Å². The zero-order chi connectivity index (χ0) is 15.3. The van der Waals surface area contributed by atoms with Gasteiger partial charge in [0.1, 0.15) is 4.90 Å². The SMILES string of the molecule is CN(CC1CCCC1)S(=O)(=O)c1cncc(C#CCN)c1. The molecule has 1 heterocycles. The summed E-state index contributed by atoms with van der Waals surface area (Å²) in [6.45, 7) is 0.805. The lowest BCUT2D eigenvalue weighted by Gasteiger charge is -2.20. The van der Waals surface area contributed by atoms with E-state index >= 15 is 0 Å². The molecule has 0 radical (unpaired) electrons. The third-order valence-electron chi connectivity index (χ3n) is 3.75. The third-order valence-corrected chi connectivity index (χ3v) is 5.53. The quantitative estimate of drug-likeness (QED) is 0.848. The van der Waals surface area contributed by atoms with E-state index in [1.165, 1.54) is 23.3 Å². The van der Waals surface area contributed by atoms with Gasteiger partial charge in [-0.05, 0) is 24.8 Å². The fraction of sp³-hybridized carbons (Fsp3) is 0.533. The Balaban J connectivity index is 2.17. The Morgan fingerprint density at radius 2 is 2.10 bits per heavy atom. The highest BCUT2D eigenvalue weighted by Gasteiger charge is 2.25. The lowest BCUT2D eigenvalue weighted by Crippen LogP contribution is -2.31. The molecule has 1 aromatic heterocycles. The van der Waals surface area contributed by atoms with Crippen molar-refractivity contribution in [1.82, 2.24) is 9.29 Å². The van der Waals surface area contributed by atoms with Crippen molar-refractivity contribution in [3.8, 4) is 11.8 Å². The van der Waals surface area contributed by atoms with Gasteiger partial charge in [-0.3, -0.25) is 4.98 Å². The number of hydrogen-bond donors (Lipinski definition) is 1. The van der Waals surface area contributed by atoms with Crippen LogP contribution in [-0.2, 0) is 10.0 Å². The maximum absolute atomic E-state index is 12.6. The van der Waals surface area contributed by atoms with Gasteiger partial charge in [0.2, 0.25) is 10.0 Å². The summed E-state index contributed by atoms with van der Waals surface area (Å²) in [6.07, 6.45) is 7.53. The third kappa shape index (κ3) is 4.03. The highest BCUT2D eigenvalue weighted by molar-refractivity contribution is 7.89. The predicted molar refractivity (Wildman–Crippen MR) is 81.9 cm³/mol. The lowest BCUT2D eigenvalue weighted by atomic mass is 10.1. The van der Waals surface area contributed by atoms with Gasteiger partial charge in [-0.15, -0.1) is 0 Å². The lowest BCUT2D eigenvalue weighted by molar-refractivity contribution is 0.387. The van der Waals surface area contributed by atoms with E-state index in [0.717, 1.165) is 12.8 Å². The second kappa shape index (κ2) is 7.03. The van der Waals surface area contributed by atoms with Crippen LogP contribution in [0.25, 0.3) is 0 Å². The van der Waals surface area contributed by atoms with Crippen molar-refractivity contribution in [3.63, 3.8) is 0 Å². The normalized spacial score (nSPS) is 16.0. The Bertz CT molecular complexity index is 640. The van der Waals surface area contributed by atoms with E-state index in [4.69, 9.17) is 5.73 Å². The molecule has 0 bridgehead atoms. The number of nitrogens with zero attached hydrogens (tertiary/aromatic N) is 2. The smallest absolute Gasteiger partial charge is 0.244 e. The number of hydrogen-bond acceptors (Lipinski definition) is 4. The maximum atomic E-state index is 12.6. The predicted octanol–water partition coefficient (Wildman–Crippen LogP) is 1.20. The van der Waals surface area contributed by atoms with E-state index < -0.39 is 10.0 Å². The Morgan fingerprint density at radius 1 is 1.38 bits per heavy atom. The summed E-state index contributed by atoms with van der Waals surface area (Å²) in [7, 11) is -1.87. The van der Waals surface area contributed by atoms with Crippen LogP contribution in [-0.4, -0.2) is 37.8 Å². The molecule has 1 aliphatic carbocycles. The molecule has 2 rings (SSSR count). The molecule has 0 atom stereocenters. The minimum atomic E-state index is -3.50. The van der Waals surface area contributed by atoms with Gasteiger partial charge in [0.05, 0.1) is 6.54 Å². The number of sulfonamides is 1. The summed E-state index contributed by atoms with van der Waals surface area (Å²) in [6, 6.07) is 1.55. The zero-order valence-electron chi connectivity index (χ0n) is 12.2. The summed E-state index contributed by atoms with van der Waals surface area (Å²) in [5.74, 6) is 5.98. The first-order chi connectivity index (χ1) is 10.0. The summed E-state index contributed by atoms with van der Waals surface area (Å²) in [4.78, 5) is 4.16. The van der Waals surface area contributed by atoms with Gasteiger partial charge in [0.25, 0.3) is 0 Å². The maximum Gasteiger partial charge on any atom is 0.244 e. The largest absolute Gasteiger partial charge is 0.320 e.